The summed E-state index contributed by atoms with van der Waals surface area (Å²) in [5, 5.41) is 3.50. The van der Waals surface area contributed by atoms with Crippen LogP contribution < -0.4 is 5.32 Å². The average Bonchev–Trinajstić information content (AvgIpc) is 3.13. The number of hydrogen-bond acceptors (Lipinski definition) is 2. The highest BCUT2D eigenvalue weighted by Crippen LogP contribution is 2.45. The molecule has 0 unspecified atom stereocenters. The molecule has 4 nitrogen and oxygen atoms in total. The summed E-state index contributed by atoms with van der Waals surface area (Å²) in [6, 6.07) is 0. The standard InChI is InChI=1S/C17H33N3O.HI/c1-3-4-13-21-14-7-11-19-16(18-2)20-12-10-17(15-20)8-5-6-9-17;/h3-15H2,1-2H3,(H,18,19);1H. The molecule has 5 heteroatoms. The van der Waals surface area contributed by atoms with Gasteiger partial charge in [-0.05, 0) is 37.5 Å². The molecule has 130 valence electrons. The van der Waals surface area contributed by atoms with Crippen LogP contribution in [0.4, 0.5) is 0 Å². The van der Waals surface area contributed by atoms with Gasteiger partial charge in [0.25, 0.3) is 0 Å². The average molecular weight is 423 g/mol. The van der Waals surface area contributed by atoms with Gasteiger partial charge in [-0.15, -0.1) is 24.0 Å². The Morgan fingerprint density at radius 3 is 2.59 bits per heavy atom. The molecule has 0 amide bonds. The molecular weight excluding hydrogens is 389 g/mol. The molecule has 0 aromatic heterocycles. The van der Waals surface area contributed by atoms with Crippen molar-refractivity contribution in [3.63, 3.8) is 0 Å². The zero-order valence-electron chi connectivity index (χ0n) is 14.4. The quantitative estimate of drug-likeness (QED) is 0.294. The summed E-state index contributed by atoms with van der Waals surface area (Å²) in [5.74, 6) is 1.09. The second-order valence-corrected chi connectivity index (χ2v) is 6.67. The van der Waals surface area contributed by atoms with Crippen molar-refractivity contribution in [1.82, 2.24) is 10.2 Å². The molecule has 1 saturated heterocycles. The maximum Gasteiger partial charge on any atom is 0.193 e. The van der Waals surface area contributed by atoms with E-state index >= 15 is 0 Å². The first kappa shape index (κ1) is 20.0. The molecule has 1 spiro atoms. The Bertz CT molecular complexity index is 330. The number of hydrogen-bond donors (Lipinski definition) is 1. The third-order valence-corrected chi connectivity index (χ3v) is 5.00. The maximum absolute atomic E-state index is 5.60. The summed E-state index contributed by atoms with van der Waals surface area (Å²) in [7, 11) is 1.90. The zero-order valence-corrected chi connectivity index (χ0v) is 16.7. The van der Waals surface area contributed by atoms with Crippen molar-refractivity contribution in [2.45, 2.75) is 58.3 Å². The first-order valence-electron chi connectivity index (χ1n) is 8.83. The van der Waals surface area contributed by atoms with Crippen LogP contribution in [0, 0.1) is 5.41 Å². The lowest BCUT2D eigenvalue weighted by atomic mass is 9.86. The largest absolute Gasteiger partial charge is 0.381 e. The van der Waals surface area contributed by atoms with Crippen molar-refractivity contribution < 1.29 is 4.74 Å². The molecule has 1 saturated carbocycles. The summed E-state index contributed by atoms with van der Waals surface area (Å²) in [4.78, 5) is 6.92. The molecule has 0 atom stereocenters. The molecule has 22 heavy (non-hydrogen) atoms. The second kappa shape index (κ2) is 10.7. The fraction of sp³-hybridized carbons (Fsp3) is 0.941. The van der Waals surface area contributed by atoms with Crippen LogP contribution in [0.25, 0.3) is 0 Å². The highest BCUT2D eigenvalue weighted by Gasteiger charge is 2.40. The van der Waals surface area contributed by atoms with E-state index in [0.717, 1.165) is 32.1 Å². The molecular formula is C17H34IN3O. The highest BCUT2D eigenvalue weighted by molar-refractivity contribution is 14.0. The summed E-state index contributed by atoms with van der Waals surface area (Å²) in [5.41, 5.74) is 0.612. The van der Waals surface area contributed by atoms with Crippen LogP contribution in [-0.2, 0) is 4.74 Å². The Kier molecular flexibility index (Phi) is 9.71. The summed E-state index contributed by atoms with van der Waals surface area (Å²) in [6.07, 6.45) is 10.5. The minimum absolute atomic E-state index is 0. The normalized spacial score (nSPS) is 20.5. The lowest BCUT2D eigenvalue weighted by Gasteiger charge is -2.25. The van der Waals surface area contributed by atoms with Gasteiger partial charge in [-0.2, -0.15) is 0 Å². The highest BCUT2D eigenvalue weighted by atomic mass is 127. The number of halogens is 1. The molecule has 2 fully saturated rings. The lowest BCUT2D eigenvalue weighted by molar-refractivity contribution is 0.129. The van der Waals surface area contributed by atoms with Crippen molar-refractivity contribution in [2.75, 3.05) is 39.9 Å². The monoisotopic (exact) mass is 423 g/mol. The molecule has 2 aliphatic rings. The molecule has 0 radical (unpaired) electrons. The zero-order chi connectivity index (χ0) is 15.0. The van der Waals surface area contributed by atoms with Gasteiger partial charge in [-0.1, -0.05) is 26.2 Å². The van der Waals surface area contributed by atoms with E-state index in [9.17, 15) is 0 Å². The fourth-order valence-electron chi connectivity index (χ4n) is 3.70. The predicted octanol–water partition coefficient (Wildman–Crippen LogP) is 3.65. The molecule has 1 aliphatic heterocycles. The van der Waals surface area contributed by atoms with E-state index in [4.69, 9.17) is 4.74 Å². The van der Waals surface area contributed by atoms with Crippen LogP contribution in [0.2, 0.25) is 0 Å². The van der Waals surface area contributed by atoms with Gasteiger partial charge in [0.05, 0.1) is 0 Å². The van der Waals surface area contributed by atoms with Crippen molar-refractivity contribution in [3.05, 3.63) is 0 Å². The number of unbranched alkanes of at least 4 members (excludes halogenated alkanes) is 1. The van der Waals surface area contributed by atoms with Crippen LogP contribution >= 0.6 is 24.0 Å². The van der Waals surface area contributed by atoms with Crippen molar-refractivity contribution >= 4 is 29.9 Å². The van der Waals surface area contributed by atoms with E-state index in [1.807, 2.05) is 7.05 Å². The third-order valence-electron chi connectivity index (χ3n) is 5.00. The molecule has 0 aromatic rings. The van der Waals surface area contributed by atoms with E-state index in [1.165, 1.54) is 58.0 Å². The molecule has 0 aromatic carbocycles. The smallest absolute Gasteiger partial charge is 0.193 e. The van der Waals surface area contributed by atoms with E-state index in [1.54, 1.807) is 0 Å². The molecule has 2 rings (SSSR count). The van der Waals surface area contributed by atoms with E-state index < -0.39 is 0 Å². The van der Waals surface area contributed by atoms with Gasteiger partial charge in [0.1, 0.15) is 0 Å². The Morgan fingerprint density at radius 1 is 1.18 bits per heavy atom. The van der Waals surface area contributed by atoms with Crippen LogP contribution in [0.1, 0.15) is 58.3 Å². The first-order valence-corrected chi connectivity index (χ1v) is 8.83. The van der Waals surface area contributed by atoms with Crippen molar-refractivity contribution in [1.29, 1.82) is 0 Å². The fourth-order valence-corrected chi connectivity index (χ4v) is 3.70. The number of rotatable bonds is 7. The van der Waals surface area contributed by atoms with Crippen LogP contribution in [-0.4, -0.2) is 50.8 Å². The third kappa shape index (κ3) is 5.87. The second-order valence-electron chi connectivity index (χ2n) is 6.67. The van der Waals surface area contributed by atoms with Gasteiger partial charge in [-0.25, -0.2) is 0 Å². The van der Waals surface area contributed by atoms with Crippen LogP contribution in [0.3, 0.4) is 0 Å². The van der Waals surface area contributed by atoms with Gasteiger partial charge in [0.2, 0.25) is 0 Å². The Morgan fingerprint density at radius 2 is 1.91 bits per heavy atom. The number of aliphatic imine (C=N–C) groups is 1. The van der Waals surface area contributed by atoms with Gasteiger partial charge >= 0.3 is 0 Å². The number of nitrogens with one attached hydrogen (secondary N) is 1. The van der Waals surface area contributed by atoms with E-state index in [0.29, 0.717) is 5.41 Å². The summed E-state index contributed by atoms with van der Waals surface area (Å²) < 4.78 is 5.60. The van der Waals surface area contributed by atoms with Gasteiger partial charge in [-0.3, -0.25) is 4.99 Å². The Labute approximate surface area is 153 Å². The predicted molar refractivity (Wildman–Crippen MR) is 104 cm³/mol. The topological polar surface area (TPSA) is 36.9 Å². The van der Waals surface area contributed by atoms with Crippen molar-refractivity contribution in [3.8, 4) is 0 Å². The minimum atomic E-state index is 0. The molecule has 1 aliphatic carbocycles. The number of nitrogens with zero attached hydrogens (tertiary/aromatic N) is 2. The Hall–Kier alpha value is -0.0400. The molecule has 1 heterocycles. The van der Waals surface area contributed by atoms with Crippen LogP contribution in [0.15, 0.2) is 4.99 Å². The molecule has 0 bridgehead atoms. The maximum atomic E-state index is 5.60. The first-order chi connectivity index (χ1) is 10.3. The minimum Gasteiger partial charge on any atom is -0.381 e. The van der Waals surface area contributed by atoms with Crippen molar-refractivity contribution in [2.24, 2.45) is 10.4 Å². The lowest BCUT2D eigenvalue weighted by Crippen LogP contribution is -2.41. The van der Waals surface area contributed by atoms with Gasteiger partial charge in [0.15, 0.2) is 5.96 Å². The van der Waals surface area contributed by atoms with E-state index in [2.05, 4.69) is 22.1 Å². The molecule has 1 N–H and O–H groups in total. The summed E-state index contributed by atoms with van der Waals surface area (Å²) in [6.45, 7) is 7.30. The van der Waals surface area contributed by atoms with Gasteiger partial charge < -0.3 is 15.0 Å². The number of guanidine groups is 1. The number of likely N-dealkylation sites (tertiary alicyclic amines) is 1. The van der Waals surface area contributed by atoms with E-state index in [-0.39, 0.29) is 24.0 Å². The number of ether oxygens (including phenoxy) is 1. The summed E-state index contributed by atoms with van der Waals surface area (Å²) >= 11 is 0. The Balaban J connectivity index is 0.00000242. The van der Waals surface area contributed by atoms with Crippen LogP contribution in [0.5, 0.6) is 0 Å². The SMILES string of the molecule is CCCCOCCCNC(=NC)N1CCC2(CCCC2)C1.I. The van der Waals surface area contributed by atoms with Gasteiger partial charge in [0, 0.05) is 39.9 Å².